The molecule has 0 radical (unpaired) electrons. The van der Waals surface area contributed by atoms with Crippen LogP contribution in [0.3, 0.4) is 0 Å². The summed E-state index contributed by atoms with van der Waals surface area (Å²) in [5.74, 6) is 0.505. The van der Waals surface area contributed by atoms with Gasteiger partial charge < -0.3 is 10.3 Å². The van der Waals surface area contributed by atoms with Gasteiger partial charge in [-0.1, -0.05) is 0 Å². The maximum absolute atomic E-state index is 11.3. The van der Waals surface area contributed by atoms with Crippen molar-refractivity contribution in [3.8, 4) is 0 Å². The third-order valence-corrected chi connectivity index (χ3v) is 3.36. The normalized spacial score (nSPS) is 10.1. The summed E-state index contributed by atoms with van der Waals surface area (Å²) in [5.41, 5.74) is 0.683. The molecule has 16 heavy (non-hydrogen) atoms. The number of rotatable bonds is 2. The summed E-state index contributed by atoms with van der Waals surface area (Å²) in [4.78, 5) is 17.8. The van der Waals surface area contributed by atoms with E-state index in [2.05, 4.69) is 53.8 Å². The van der Waals surface area contributed by atoms with Gasteiger partial charge in [0.05, 0.1) is 6.33 Å². The standard InChI is InChI=1S/C10H7BrIN3O/c11-8-9(13-5-14-10(8)16)15-7-3-1-6(12)2-4-7/h1-5H,(H2,13,14,15,16). The van der Waals surface area contributed by atoms with Gasteiger partial charge in [-0.25, -0.2) is 4.98 Å². The number of aromatic nitrogens is 2. The number of hydrogen-bond donors (Lipinski definition) is 2. The number of halogens is 2. The topological polar surface area (TPSA) is 57.8 Å². The molecule has 0 aliphatic rings. The molecule has 0 atom stereocenters. The first kappa shape index (κ1) is 11.6. The number of hydrogen-bond acceptors (Lipinski definition) is 3. The van der Waals surface area contributed by atoms with Crippen molar-refractivity contribution in [2.24, 2.45) is 0 Å². The molecule has 1 aromatic heterocycles. The second kappa shape index (κ2) is 4.96. The fraction of sp³-hybridized carbons (Fsp3) is 0. The van der Waals surface area contributed by atoms with E-state index in [1.165, 1.54) is 6.33 Å². The Labute approximate surface area is 114 Å². The van der Waals surface area contributed by atoms with Crippen molar-refractivity contribution in [3.63, 3.8) is 0 Å². The molecule has 82 valence electrons. The smallest absolute Gasteiger partial charge is 0.267 e. The molecule has 0 fully saturated rings. The largest absolute Gasteiger partial charge is 0.339 e. The predicted octanol–water partition coefficient (Wildman–Crippen LogP) is 2.88. The zero-order valence-electron chi connectivity index (χ0n) is 8.00. The van der Waals surface area contributed by atoms with Crippen LogP contribution in [0.15, 0.2) is 39.9 Å². The lowest BCUT2D eigenvalue weighted by atomic mass is 10.3. The molecule has 0 saturated carbocycles. The predicted molar refractivity (Wildman–Crippen MR) is 75.0 cm³/mol. The van der Waals surface area contributed by atoms with Crippen LogP contribution in [0, 0.1) is 3.57 Å². The van der Waals surface area contributed by atoms with Crippen LogP contribution in [0.4, 0.5) is 11.5 Å². The van der Waals surface area contributed by atoms with Gasteiger partial charge in [-0.2, -0.15) is 0 Å². The monoisotopic (exact) mass is 391 g/mol. The summed E-state index contributed by atoms with van der Waals surface area (Å²) >= 11 is 5.41. The van der Waals surface area contributed by atoms with E-state index in [4.69, 9.17) is 0 Å². The average molecular weight is 392 g/mol. The zero-order valence-corrected chi connectivity index (χ0v) is 11.7. The molecule has 0 bridgehead atoms. The number of H-pyrrole nitrogens is 1. The fourth-order valence-corrected chi connectivity index (χ4v) is 1.82. The van der Waals surface area contributed by atoms with Gasteiger partial charge in [0, 0.05) is 9.26 Å². The van der Waals surface area contributed by atoms with Crippen molar-refractivity contribution in [3.05, 3.63) is 49.0 Å². The highest BCUT2D eigenvalue weighted by Gasteiger charge is 2.04. The maximum Gasteiger partial charge on any atom is 0.267 e. The van der Waals surface area contributed by atoms with Crippen molar-refractivity contribution in [2.75, 3.05) is 5.32 Å². The molecule has 1 aromatic carbocycles. The van der Waals surface area contributed by atoms with Gasteiger partial charge in [-0.05, 0) is 62.8 Å². The Bertz CT molecular complexity index is 553. The quantitative estimate of drug-likeness (QED) is 0.774. The van der Waals surface area contributed by atoms with Gasteiger partial charge in [0.2, 0.25) is 0 Å². The first-order valence-corrected chi connectivity index (χ1v) is 6.30. The van der Waals surface area contributed by atoms with Crippen LogP contribution in [-0.2, 0) is 0 Å². The number of aromatic amines is 1. The van der Waals surface area contributed by atoms with Gasteiger partial charge in [-0.15, -0.1) is 0 Å². The minimum Gasteiger partial charge on any atom is -0.339 e. The van der Waals surface area contributed by atoms with Crippen LogP contribution >= 0.6 is 38.5 Å². The summed E-state index contributed by atoms with van der Waals surface area (Å²) in [6, 6.07) is 7.81. The molecule has 0 unspecified atom stereocenters. The summed E-state index contributed by atoms with van der Waals surface area (Å²) < 4.78 is 1.55. The second-order valence-corrected chi connectivity index (χ2v) is 5.06. The SMILES string of the molecule is O=c1[nH]cnc(Nc2ccc(I)cc2)c1Br. The maximum atomic E-state index is 11.3. The molecular weight excluding hydrogens is 385 g/mol. The third kappa shape index (κ3) is 2.62. The lowest BCUT2D eigenvalue weighted by Gasteiger charge is -2.06. The highest BCUT2D eigenvalue weighted by Crippen LogP contribution is 2.20. The van der Waals surface area contributed by atoms with Gasteiger partial charge >= 0.3 is 0 Å². The Morgan fingerprint density at radius 1 is 1.31 bits per heavy atom. The summed E-state index contributed by atoms with van der Waals surface area (Å²) in [7, 11) is 0. The lowest BCUT2D eigenvalue weighted by Crippen LogP contribution is -2.09. The number of nitrogens with one attached hydrogen (secondary N) is 2. The van der Waals surface area contributed by atoms with Gasteiger partial charge in [0.15, 0.2) is 5.82 Å². The second-order valence-electron chi connectivity index (χ2n) is 3.03. The molecule has 0 saturated heterocycles. The Kier molecular flexibility index (Phi) is 3.59. The molecule has 2 rings (SSSR count). The molecule has 0 aliphatic carbocycles. The van der Waals surface area contributed by atoms with Crippen molar-refractivity contribution < 1.29 is 0 Å². The van der Waals surface area contributed by atoms with E-state index in [0.29, 0.717) is 10.3 Å². The number of nitrogens with zero attached hydrogens (tertiary/aromatic N) is 1. The summed E-state index contributed by atoms with van der Waals surface area (Å²) in [6.07, 6.45) is 1.36. The van der Waals surface area contributed by atoms with E-state index in [0.717, 1.165) is 9.26 Å². The van der Waals surface area contributed by atoms with Crippen LogP contribution in [0.1, 0.15) is 0 Å². The Morgan fingerprint density at radius 2 is 2.00 bits per heavy atom. The molecule has 6 heteroatoms. The minimum absolute atomic E-state index is 0.206. The first-order valence-electron chi connectivity index (χ1n) is 4.42. The third-order valence-electron chi connectivity index (χ3n) is 1.90. The Hall–Kier alpha value is -0.890. The van der Waals surface area contributed by atoms with E-state index in [1.807, 2.05) is 24.3 Å². The summed E-state index contributed by atoms with van der Waals surface area (Å²) in [5, 5.41) is 3.06. The molecular formula is C10H7BrIN3O. The zero-order chi connectivity index (χ0) is 11.5. The molecule has 4 nitrogen and oxygen atoms in total. The highest BCUT2D eigenvalue weighted by atomic mass is 127. The van der Waals surface area contributed by atoms with Gasteiger partial charge in [0.25, 0.3) is 5.56 Å². The number of benzene rings is 1. The lowest BCUT2D eigenvalue weighted by molar-refractivity contribution is 1.10. The van der Waals surface area contributed by atoms with Crippen LogP contribution in [0.5, 0.6) is 0 Å². The molecule has 0 spiro atoms. The van der Waals surface area contributed by atoms with Gasteiger partial charge in [0.1, 0.15) is 4.47 Å². The van der Waals surface area contributed by atoms with E-state index in [9.17, 15) is 4.79 Å². The van der Waals surface area contributed by atoms with Crippen molar-refractivity contribution in [1.82, 2.24) is 9.97 Å². The molecule has 0 amide bonds. The average Bonchev–Trinajstić information content (AvgIpc) is 2.28. The Morgan fingerprint density at radius 3 is 2.69 bits per heavy atom. The van der Waals surface area contributed by atoms with E-state index in [-0.39, 0.29) is 5.56 Å². The fourth-order valence-electron chi connectivity index (χ4n) is 1.14. The Balaban J connectivity index is 2.30. The van der Waals surface area contributed by atoms with Gasteiger partial charge in [-0.3, -0.25) is 4.79 Å². The van der Waals surface area contributed by atoms with Crippen molar-refractivity contribution >= 4 is 50.0 Å². The summed E-state index contributed by atoms with van der Waals surface area (Å²) in [6.45, 7) is 0. The van der Waals surface area contributed by atoms with Crippen LogP contribution in [0.2, 0.25) is 0 Å². The van der Waals surface area contributed by atoms with E-state index >= 15 is 0 Å². The van der Waals surface area contributed by atoms with Crippen LogP contribution in [-0.4, -0.2) is 9.97 Å². The molecule has 1 heterocycles. The van der Waals surface area contributed by atoms with E-state index < -0.39 is 0 Å². The van der Waals surface area contributed by atoms with E-state index in [1.54, 1.807) is 0 Å². The van der Waals surface area contributed by atoms with Crippen LogP contribution < -0.4 is 10.9 Å². The molecule has 2 aromatic rings. The van der Waals surface area contributed by atoms with Crippen LogP contribution in [0.25, 0.3) is 0 Å². The number of anilines is 2. The highest BCUT2D eigenvalue weighted by molar-refractivity contribution is 14.1. The first-order chi connectivity index (χ1) is 7.66. The molecule has 0 aliphatic heterocycles. The van der Waals surface area contributed by atoms with Crippen molar-refractivity contribution in [1.29, 1.82) is 0 Å². The molecule has 2 N–H and O–H groups in total. The minimum atomic E-state index is -0.206. The van der Waals surface area contributed by atoms with Crippen molar-refractivity contribution in [2.45, 2.75) is 0 Å².